The molecule has 106 valence electrons. The lowest BCUT2D eigenvalue weighted by Gasteiger charge is -2.12. The predicted molar refractivity (Wildman–Crippen MR) is 76.7 cm³/mol. The Labute approximate surface area is 119 Å². The van der Waals surface area contributed by atoms with Gasteiger partial charge in [-0.2, -0.15) is 5.10 Å². The fraction of sp³-hybridized carbons (Fsp3) is 0.438. The molecule has 0 amide bonds. The standard InChI is InChI=1S/C16H20N2O2/c1-10-14(16(20-3)18(2)17-10)15(19)13-9-12(13)11-7-5-4-6-8-11/h4-8,12-13,15,19H,9H2,1-3H3. The Balaban J connectivity index is 1.83. The van der Waals surface area contributed by atoms with E-state index in [1.807, 2.05) is 32.2 Å². The third kappa shape index (κ3) is 2.10. The molecule has 1 saturated carbocycles. The molecule has 0 radical (unpaired) electrons. The second-order valence-electron chi connectivity index (χ2n) is 5.49. The zero-order valence-electron chi connectivity index (χ0n) is 12.1. The fourth-order valence-corrected chi connectivity index (χ4v) is 3.10. The van der Waals surface area contributed by atoms with Crippen molar-refractivity contribution in [2.75, 3.05) is 7.11 Å². The molecular formula is C16H20N2O2. The van der Waals surface area contributed by atoms with Crippen LogP contribution in [0.15, 0.2) is 30.3 Å². The number of aliphatic hydroxyl groups excluding tert-OH is 1. The first-order valence-electron chi connectivity index (χ1n) is 6.94. The van der Waals surface area contributed by atoms with E-state index in [1.54, 1.807) is 11.8 Å². The fourth-order valence-electron chi connectivity index (χ4n) is 3.10. The smallest absolute Gasteiger partial charge is 0.217 e. The molecule has 4 heteroatoms. The maximum absolute atomic E-state index is 10.7. The molecule has 3 rings (SSSR count). The van der Waals surface area contributed by atoms with Crippen molar-refractivity contribution in [3.8, 4) is 5.88 Å². The number of aliphatic hydroxyl groups is 1. The van der Waals surface area contributed by atoms with Crippen molar-refractivity contribution >= 4 is 0 Å². The summed E-state index contributed by atoms with van der Waals surface area (Å²) in [5.74, 6) is 1.36. The summed E-state index contributed by atoms with van der Waals surface area (Å²) in [4.78, 5) is 0. The van der Waals surface area contributed by atoms with Crippen LogP contribution in [-0.2, 0) is 7.05 Å². The van der Waals surface area contributed by atoms with Crippen molar-refractivity contribution in [2.24, 2.45) is 13.0 Å². The molecule has 1 heterocycles. The summed E-state index contributed by atoms with van der Waals surface area (Å²) in [6.07, 6.45) is 0.506. The molecule has 0 bridgehead atoms. The van der Waals surface area contributed by atoms with Crippen LogP contribution in [0.1, 0.15) is 35.3 Å². The largest absolute Gasteiger partial charge is 0.481 e. The Kier molecular flexibility index (Phi) is 3.26. The maximum Gasteiger partial charge on any atom is 0.217 e. The zero-order chi connectivity index (χ0) is 14.3. The first kappa shape index (κ1) is 13.2. The quantitative estimate of drug-likeness (QED) is 0.930. The highest BCUT2D eigenvalue weighted by Gasteiger charge is 2.45. The first-order chi connectivity index (χ1) is 9.63. The number of ether oxygens (including phenoxy) is 1. The third-order valence-electron chi connectivity index (χ3n) is 4.18. The van der Waals surface area contributed by atoms with Gasteiger partial charge in [0.1, 0.15) is 0 Å². The lowest BCUT2D eigenvalue weighted by Crippen LogP contribution is -2.05. The Morgan fingerprint density at radius 1 is 1.35 bits per heavy atom. The molecule has 0 saturated heterocycles. The topological polar surface area (TPSA) is 47.3 Å². The average Bonchev–Trinajstić information content (AvgIpc) is 3.19. The van der Waals surface area contributed by atoms with E-state index in [1.165, 1.54) is 5.56 Å². The highest BCUT2D eigenvalue weighted by Crippen LogP contribution is 2.55. The van der Waals surface area contributed by atoms with E-state index in [4.69, 9.17) is 4.74 Å². The van der Waals surface area contributed by atoms with Gasteiger partial charge in [-0.1, -0.05) is 30.3 Å². The van der Waals surface area contributed by atoms with Gasteiger partial charge in [0.15, 0.2) is 0 Å². The number of hydrogen-bond donors (Lipinski definition) is 1. The van der Waals surface area contributed by atoms with E-state index in [-0.39, 0.29) is 5.92 Å². The van der Waals surface area contributed by atoms with E-state index >= 15 is 0 Å². The van der Waals surface area contributed by atoms with E-state index in [2.05, 4.69) is 17.2 Å². The van der Waals surface area contributed by atoms with Gasteiger partial charge in [-0.3, -0.25) is 0 Å². The van der Waals surface area contributed by atoms with Crippen molar-refractivity contribution in [1.29, 1.82) is 0 Å². The summed E-state index contributed by atoms with van der Waals surface area (Å²) in [7, 11) is 3.46. The molecule has 1 N–H and O–H groups in total. The van der Waals surface area contributed by atoms with E-state index < -0.39 is 6.10 Å². The minimum Gasteiger partial charge on any atom is -0.481 e. The van der Waals surface area contributed by atoms with Gasteiger partial charge in [0.2, 0.25) is 5.88 Å². The van der Waals surface area contributed by atoms with Crippen molar-refractivity contribution < 1.29 is 9.84 Å². The van der Waals surface area contributed by atoms with Crippen LogP contribution in [0.2, 0.25) is 0 Å². The van der Waals surface area contributed by atoms with Crippen LogP contribution < -0.4 is 4.74 Å². The maximum atomic E-state index is 10.7. The lowest BCUT2D eigenvalue weighted by molar-refractivity contribution is 0.146. The van der Waals surface area contributed by atoms with Crippen molar-refractivity contribution in [3.63, 3.8) is 0 Å². The Hall–Kier alpha value is -1.81. The number of rotatable bonds is 4. The van der Waals surface area contributed by atoms with Crippen LogP contribution >= 0.6 is 0 Å². The molecule has 1 aliphatic rings. The molecule has 0 aliphatic heterocycles. The van der Waals surface area contributed by atoms with Crippen LogP contribution in [-0.4, -0.2) is 22.0 Å². The van der Waals surface area contributed by atoms with Gasteiger partial charge >= 0.3 is 0 Å². The summed E-state index contributed by atoms with van der Waals surface area (Å²) in [6, 6.07) is 10.4. The summed E-state index contributed by atoms with van der Waals surface area (Å²) in [5, 5.41) is 15.0. The number of benzene rings is 1. The first-order valence-corrected chi connectivity index (χ1v) is 6.94. The highest BCUT2D eigenvalue weighted by atomic mass is 16.5. The summed E-state index contributed by atoms with van der Waals surface area (Å²) >= 11 is 0. The molecule has 0 spiro atoms. The van der Waals surface area contributed by atoms with Gasteiger partial charge in [0, 0.05) is 7.05 Å². The van der Waals surface area contributed by atoms with Crippen molar-refractivity contribution in [3.05, 3.63) is 47.2 Å². The summed E-state index contributed by atoms with van der Waals surface area (Å²) in [6.45, 7) is 1.92. The average molecular weight is 272 g/mol. The van der Waals surface area contributed by atoms with E-state index in [0.717, 1.165) is 17.7 Å². The molecule has 1 aromatic carbocycles. The molecule has 3 unspecified atom stereocenters. The van der Waals surface area contributed by atoms with Crippen molar-refractivity contribution in [2.45, 2.75) is 25.4 Å². The van der Waals surface area contributed by atoms with Gasteiger partial charge in [-0.15, -0.1) is 0 Å². The summed E-state index contributed by atoms with van der Waals surface area (Å²) in [5.41, 5.74) is 2.98. The van der Waals surface area contributed by atoms with Gasteiger partial charge in [0.05, 0.1) is 24.5 Å². The second kappa shape index (κ2) is 4.94. The summed E-state index contributed by atoms with van der Waals surface area (Å²) < 4.78 is 7.07. The Morgan fingerprint density at radius 3 is 2.70 bits per heavy atom. The molecule has 20 heavy (non-hydrogen) atoms. The molecule has 1 fully saturated rings. The minimum atomic E-state index is -0.510. The van der Waals surface area contributed by atoms with Crippen LogP contribution in [0.25, 0.3) is 0 Å². The number of nitrogens with zero attached hydrogens (tertiary/aromatic N) is 2. The van der Waals surface area contributed by atoms with Gasteiger partial charge < -0.3 is 9.84 Å². The molecule has 4 nitrogen and oxygen atoms in total. The van der Waals surface area contributed by atoms with E-state index in [0.29, 0.717) is 11.8 Å². The molecule has 1 aromatic heterocycles. The second-order valence-corrected chi connectivity index (χ2v) is 5.49. The van der Waals surface area contributed by atoms with Crippen LogP contribution in [0, 0.1) is 12.8 Å². The predicted octanol–water partition coefficient (Wildman–Crippen LogP) is 2.57. The van der Waals surface area contributed by atoms with Crippen molar-refractivity contribution in [1.82, 2.24) is 9.78 Å². The molecule has 3 atom stereocenters. The number of hydrogen-bond acceptors (Lipinski definition) is 3. The number of aromatic nitrogens is 2. The van der Waals surface area contributed by atoms with Gasteiger partial charge in [0.25, 0.3) is 0 Å². The highest BCUT2D eigenvalue weighted by molar-refractivity contribution is 5.37. The van der Waals surface area contributed by atoms with Gasteiger partial charge in [-0.05, 0) is 30.7 Å². The van der Waals surface area contributed by atoms with Crippen LogP contribution in [0.3, 0.4) is 0 Å². The lowest BCUT2D eigenvalue weighted by atomic mass is 10.0. The normalized spacial score (nSPS) is 22.6. The zero-order valence-corrected chi connectivity index (χ0v) is 12.1. The monoisotopic (exact) mass is 272 g/mol. The minimum absolute atomic E-state index is 0.259. The third-order valence-corrected chi connectivity index (χ3v) is 4.18. The SMILES string of the molecule is COc1c(C(O)C2CC2c2ccccc2)c(C)nn1C. The molecule has 1 aliphatic carbocycles. The number of aryl methyl sites for hydroxylation is 2. The van der Waals surface area contributed by atoms with Crippen LogP contribution in [0.4, 0.5) is 0 Å². The Morgan fingerprint density at radius 2 is 2.05 bits per heavy atom. The molecular weight excluding hydrogens is 252 g/mol. The van der Waals surface area contributed by atoms with E-state index in [9.17, 15) is 5.11 Å². The van der Waals surface area contributed by atoms with Crippen LogP contribution in [0.5, 0.6) is 5.88 Å². The molecule has 2 aromatic rings. The van der Waals surface area contributed by atoms with Gasteiger partial charge in [-0.25, -0.2) is 4.68 Å². The Bertz CT molecular complexity index is 606. The number of methoxy groups -OCH3 is 1.